The molecule has 0 bridgehead atoms. The summed E-state index contributed by atoms with van der Waals surface area (Å²) in [6.07, 6.45) is 1.73. The fourth-order valence-electron chi connectivity index (χ4n) is 2.54. The number of anilines is 1. The van der Waals surface area contributed by atoms with E-state index in [9.17, 15) is 18.0 Å². The second-order valence-corrected chi connectivity index (χ2v) is 9.51. The van der Waals surface area contributed by atoms with Crippen LogP contribution in [0.15, 0.2) is 65.0 Å². The zero-order valence-corrected chi connectivity index (χ0v) is 18.0. The first-order chi connectivity index (χ1) is 14.3. The highest BCUT2D eigenvalue weighted by Gasteiger charge is 2.19. The van der Waals surface area contributed by atoms with Crippen molar-refractivity contribution in [2.45, 2.75) is 4.90 Å². The lowest BCUT2D eigenvalue weighted by molar-refractivity contribution is -0.115. The third-order valence-corrected chi connectivity index (χ3v) is 6.77. The molecule has 3 rings (SSSR count). The van der Waals surface area contributed by atoms with Gasteiger partial charge in [0.15, 0.2) is 0 Å². The van der Waals surface area contributed by atoms with Gasteiger partial charge in [0.1, 0.15) is 5.01 Å². The van der Waals surface area contributed by atoms with Gasteiger partial charge in [-0.1, -0.05) is 6.07 Å². The van der Waals surface area contributed by atoms with Crippen molar-refractivity contribution in [3.05, 3.63) is 65.7 Å². The van der Waals surface area contributed by atoms with Gasteiger partial charge < -0.3 is 10.6 Å². The summed E-state index contributed by atoms with van der Waals surface area (Å²) >= 11 is 1.52. The van der Waals surface area contributed by atoms with Gasteiger partial charge in [0.2, 0.25) is 15.9 Å². The molecular weight excluding hydrogens is 424 g/mol. The number of carbonyl (C=O) groups excluding carboxylic acids is 2. The zero-order valence-electron chi connectivity index (χ0n) is 16.3. The molecule has 0 radical (unpaired) electrons. The second kappa shape index (κ2) is 9.16. The molecule has 156 valence electrons. The van der Waals surface area contributed by atoms with Gasteiger partial charge in [0, 0.05) is 42.5 Å². The first-order valence-corrected chi connectivity index (χ1v) is 11.2. The molecule has 2 N–H and O–H groups in total. The Bertz CT molecular complexity index is 1140. The van der Waals surface area contributed by atoms with Crippen LogP contribution in [-0.4, -0.2) is 50.2 Å². The third-order valence-electron chi connectivity index (χ3n) is 4.13. The van der Waals surface area contributed by atoms with Crippen LogP contribution in [0.1, 0.15) is 10.4 Å². The minimum Gasteiger partial charge on any atom is -0.343 e. The maximum atomic E-state index is 12.3. The minimum absolute atomic E-state index is 0.00456. The molecule has 0 spiro atoms. The number of hydrogen-bond donors (Lipinski definition) is 2. The molecule has 0 fully saturated rings. The molecule has 8 nitrogen and oxygen atoms in total. The number of benzene rings is 2. The van der Waals surface area contributed by atoms with Gasteiger partial charge in [-0.2, -0.15) is 0 Å². The molecule has 0 saturated heterocycles. The quantitative estimate of drug-likeness (QED) is 0.582. The monoisotopic (exact) mass is 444 g/mol. The molecule has 10 heteroatoms. The zero-order chi connectivity index (χ0) is 21.7. The van der Waals surface area contributed by atoms with Crippen LogP contribution in [0.3, 0.4) is 0 Å². The fourth-order valence-corrected chi connectivity index (χ4v) is 4.13. The van der Waals surface area contributed by atoms with Crippen molar-refractivity contribution in [1.29, 1.82) is 0 Å². The van der Waals surface area contributed by atoms with Crippen LogP contribution < -0.4 is 10.6 Å². The van der Waals surface area contributed by atoms with Crippen LogP contribution in [0.25, 0.3) is 10.6 Å². The molecule has 2 aromatic carbocycles. The lowest BCUT2D eigenvalue weighted by Gasteiger charge is -2.12. The van der Waals surface area contributed by atoms with Crippen molar-refractivity contribution < 1.29 is 18.0 Å². The van der Waals surface area contributed by atoms with Crippen LogP contribution in [0, 0.1) is 0 Å². The molecule has 0 aliphatic heterocycles. The Morgan fingerprint density at radius 3 is 2.47 bits per heavy atom. The van der Waals surface area contributed by atoms with Gasteiger partial charge in [-0.3, -0.25) is 9.59 Å². The van der Waals surface area contributed by atoms with E-state index in [1.54, 1.807) is 18.3 Å². The van der Waals surface area contributed by atoms with E-state index in [4.69, 9.17) is 0 Å². The standard InChI is InChI=1S/C20H20N4O4S2/c1-24(2)30(27,28)17-5-3-4-15(12-17)19(26)22-13-18(25)23-16-8-6-14(7-9-16)20-21-10-11-29-20/h3-12H,13H2,1-2H3,(H,22,26)(H,23,25). The van der Waals surface area contributed by atoms with E-state index >= 15 is 0 Å². The summed E-state index contributed by atoms with van der Waals surface area (Å²) in [6.45, 7) is -0.252. The van der Waals surface area contributed by atoms with E-state index < -0.39 is 21.8 Å². The highest BCUT2D eigenvalue weighted by Crippen LogP contribution is 2.23. The Morgan fingerprint density at radius 2 is 1.83 bits per heavy atom. The summed E-state index contributed by atoms with van der Waals surface area (Å²) in [7, 11) is -0.829. The average molecular weight is 445 g/mol. The van der Waals surface area contributed by atoms with Crippen LogP contribution in [0.4, 0.5) is 5.69 Å². The summed E-state index contributed by atoms with van der Waals surface area (Å²) in [5.41, 5.74) is 1.69. The van der Waals surface area contributed by atoms with Crippen molar-refractivity contribution in [1.82, 2.24) is 14.6 Å². The topological polar surface area (TPSA) is 108 Å². The molecule has 1 aromatic heterocycles. The lowest BCUT2D eigenvalue weighted by Crippen LogP contribution is -2.33. The summed E-state index contributed by atoms with van der Waals surface area (Å²) in [5.74, 6) is -0.942. The summed E-state index contributed by atoms with van der Waals surface area (Å²) in [6, 6.07) is 12.9. The van der Waals surface area contributed by atoms with Gasteiger partial charge in [-0.15, -0.1) is 11.3 Å². The number of rotatable bonds is 7. The Kier molecular flexibility index (Phi) is 6.60. The molecule has 30 heavy (non-hydrogen) atoms. The molecule has 1 heterocycles. The predicted molar refractivity (Wildman–Crippen MR) is 116 cm³/mol. The van der Waals surface area contributed by atoms with Gasteiger partial charge in [0.25, 0.3) is 5.91 Å². The average Bonchev–Trinajstić information content (AvgIpc) is 3.27. The minimum atomic E-state index is -3.65. The highest BCUT2D eigenvalue weighted by molar-refractivity contribution is 7.89. The van der Waals surface area contributed by atoms with Gasteiger partial charge >= 0.3 is 0 Å². The van der Waals surface area contributed by atoms with Crippen molar-refractivity contribution in [3.8, 4) is 10.6 Å². The predicted octanol–water partition coefficient (Wildman–Crippen LogP) is 2.43. The van der Waals surface area contributed by atoms with Crippen LogP contribution in [0.5, 0.6) is 0 Å². The molecule has 0 aliphatic rings. The van der Waals surface area contributed by atoms with Crippen LogP contribution in [0.2, 0.25) is 0 Å². The fraction of sp³-hybridized carbons (Fsp3) is 0.150. The number of sulfonamides is 1. The summed E-state index contributed by atoms with van der Waals surface area (Å²) < 4.78 is 25.5. The van der Waals surface area contributed by atoms with Crippen LogP contribution >= 0.6 is 11.3 Å². The Hall–Kier alpha value is -3.08. The third kappa shape index (κ3) is 5.09. The molecule has 2 amide bonds. The largest absolute Gasteiger partial charge is 0.343 e. The first-order valence-electron chi connectivity index (χ1n) is 8.88. The molecular formula is C20H20N4O4S2. The number of hydrogen-bond acceptors (Lipinski definition) is 6. The Labute approximate surface area is 178 Å². The van der Waals surface area contributed by atoms with E-state index in [-0.39, 0.29) is 17.0 Å². The smallest absolute Gasteiger partial charge is 0.251 e. The Morgan fingerprint density at radius 1 is 1.10 bits per heavy atom. The number of carbonyl (C=O) groups is 2. The van der Waals surface area contributed by atoms with Crippen molar-refractivity contribution in [2.24, 2.45) is 0 Å². The molecule has 0 saturated carbocycles. The SMILES string of the molecule is CN(C)S(=O)(=O)c1cccc(C(=O)NCC(=O)Nc2ccc(-c3nccs3)cc2)c1. The number of aromatic nitrogens is 1. The van der Waals surface area contributed by atoms with Crippen molar-refractivity contribution in [3.63, 3.8) is 0 Å². The lowest BCUT2D eigenvalue weighted by atomic mass is 10.2. The summed E-state index contributed by atoms with van der Waals surface area (Å²) in [5, 5.41) is 7.97. The van der Waals surface area contributed by atoms with E-state index in [0.29, 0.717) is 5.69 Å². The van der Waals surface area contributed by atoms with E-state index in [1.165, 1.54) is 49.7 Å². The molecule has 0 atom stereocenters. The summed E-state index contributed by atoms with van der Waals surface area (Å²) in [4.78, 5) is 28.7. The number of amides is 2. The highest BCUT2D eigenvalue weighted by atomic mass is 32.2. The van der Waals surface area contributed by atoms with E-state index in [1.807, 2.05) is 17.5 Å². The molecule has 0 aliphatic carbocycles. The van der Waals surface area contributed by atoms with E-state index in [2.05, 4.69) is 15.6 Å². The first kappa shape index (κ1) is 21.6. The van der Waals surface area contributed by atoms with Gasteiger partial charge in [0.05, 0.1) is 11.4 Å². The van der Waals surface area contributed by atoms with Gasteiger partial charge in [-0.25, -0.2) is 17.7 Å². The number of nitrogens with zero attached hydrogens (tertiary/aromatic N) is 2. The van der Waals surface area contributed by atoms with Crippen molar-refractivity contribution >= 4 is 38.9 Å². The molecule has 3 aromatic rings. The maximum Gasteiger partial charge on any atom is 0.251 e. The van der Waals surface area contributed by atoms with E-state index in [0.717, 1.165) is 14.9 Å². The Balaban J connectivity index is 1.58. The second-order valence-electron chi connectivity index (χ2n) is 6.46. The molecule has 0 unspecified atom stereocenters. The maximum absolute atomic E-state index is 12.3. The van der Waals surface area contributed by atoms with Crippen molar-refractivity contribution in [2.75, 3.05) is 26.0 Å². The number of thiazole rings is 1. The van der Waals surface area contributed by atoms with Crippen LogP contribution in [-0.2, 0) is 14.8 Å². The number of nitrogens with one attached hydrogen (secondary N) is 2. The van der Waals surface area contributed by atoms with Gasteiger partial charge in [-0.05, 0) is 42.5 Å². The normalized spacial score (nSPS) is 11.3.